The van der Waals surface area contributed by atoms with Gasteiger partial charge in [0.1, 0.15) is 5.82 Å². The van der Waals surface area contributed by atoms with Gasteiger partial charge in [-0.15, -0.1) is 0 Å². The Kier molecular flexibility index (Phi) is 5.17. The number of nitrogens with zero attached hydrogens (tertiary/aromatic N) is 8. The predicted molar refractivity (Wildman–Crippen MR) is 116 cm³/mol. The molecule has 0 N–H and O–H groups in total. The van der Waals surface area contributed by atoms with E-state index in [0.29, 0.717) is 17.5 Å². The third-order valence-electron chi connectivity index (χ3n) is 5.64. The van der Waals surface area contributed by atoms with Crippen LogP contribution in [0.3, 0.4) is 0 Å². The first-order chi connectivity index (χ1) is 15.2. The lowest BCUT2D eigenvalue weighted by atomic mass is 10.1. The van der Waals surface area contributed by atoms with E-state index in [2.05, 4.69) is 56.0 Å². The molecule has 1 fully saturated rings. The van der Waals surface area contributed by atoms with Gasteiger partial charge in [0, 0.05) is 44.1 Å². The number of anilines is 1. The number of hydrogen-bond acceptors (Lipinski definition) is 8. The minimum atomic E-state index is 0.0512. The molecule has 1 saturated heterocycles. The van der Waals surface area contributed by atoms with Crippen molar-refractivity contribution in [2.75, 3.05) is 31.1 Å². The van der Waals surface area contributed by atoms with Crippen molar-refractivity contribution in [3.8, 4) is 17.2 Å². The van der Waals surface area contributed by atoms with Crippen molar-refractivity contribution >= 4 is 5.82 Å². The van der Waals surface area contributed by atoms with Gasteiger partial charge in [-0.3, -0.25) is 9.88 Å². The van der Waals surface area contributed by atoms with Crippen LogP contribution in [0, 0.1) is 6.92 Å². The summed E-state index contributed by atoms with van der Waals surface area (Å²) in [7, 11) is 0. The van der Waals surface area contributed by atoms with Crippen LogP contribution in [0.15, 0.2) is 59.6 Å². The molecule has 158 valence electrons. The normalized spacial score (nSPS) is 15.9. The SMILES string of the molecule is Cc1ccc(-c2noc(C(C)N3CCN(c4cncc(-n5cccn5)n4)CC3)n2)cc1. The van der Waals surface area contributed by atoms with Crippen LogP contribution in [0.2, 0.25) is 0 Å². The molecule has 4 aromatic rings. The van der Waals surface area contributed by atoms with Crippen molar-refractivity contribution in [3.05, 3.63) is 66.6 Å². The molecule has 9 heteroatoms. The van der Waals surface area contributed by atoms with Gasteiger partial charge in [-0.2, -0.15) is 10.1 Å². The molecule has 31 heavy (non-hydrogen) atoms. The van der Waals surface area contributed by atoms with Gasteiger partial charge in [-0.25, -0.2) is 9.67 Å². The highest BCUT2D eigenvalue weighted by atomic mass is 16.5. The molecule has 0 amide bonds. The van der Waals surface area contributed by atoms with E-state index >= 15 is 0 Å². The molecular formula is C22H24N8O. The monoisotopic (exact) mass is 416 g/mol. The van der Waals surface area contributed by atoms with Gasteiger partial charge in [0.15, 0.2) is 5.82 Å². The van der Waals surface area contributed by atoms with Crippen LogP contribution in [0.5, 0.6) is 0 Å². The summed E-state index contributed by atoms with van der Waals surface area (Å²) < 4.78 is 7.30. The lowest BCUT2D eigenvalue weighted by Gasteiger charge is -2.37. The molecule has 1 atom stereocenters. The Morgan fingerprint density at radius 1 is 0.968 bits per heavy atom. The zero-order valence-corrected chi connectivity index (χ0v) is 17.6. The van der Waals surface area contributed by atoms with Gasteiger partial charge < -0.3 is 9.42 Å². The van der Waals surface area contributed by atoms with E-state index in [1.807, 2.05) is 24.4 Å². The first-order valence-corrected chi connectivity index (χ1v) is 10.4. The number of piperazine rings is 1. The van der Waals surface area contributed by atoms with Gasteiger partial charge in [0.25, 0.3) is 0 Å². The summed E-state index contributed by atoms with van der Waals surface area (Å²) in [6.07, 6.45) is 7.12. The van der Waals surface area contributed by atoms with Crippen LogP contribution < -0.4 is 4.90 Å². The highest BCUT2D eigenvalue weighted by molar-refractivity contribution is 5.54. The van der Waals surface area contributed by atoms with Crippen molar-refractivity contribution in [3.63, 3.8) is 0 Å². The summed E-state index contributed by atoms with van der Waals surface area (Å²) in [5.41, 5.74) is 2.17. The molecule has 1 aliphatic rings. The summed E-state index contributed by atoms with van der Waals surface area (Å²) in [5, 5.41) is 8.41. The second-order valence-electron chi connectivity index (χ2n) is 7.71. The average Bonchev–Trinajstić information content (AvgIpc) is 3.52. The fourth-order valence-corrected chi connectivity index (χ4v) is 3.73. The van der Waals surface area contributed by atoms with E-state index in [0.717, 1.165) is 37.6 Å². The largest absolute Gasteiger partial charge is 0.353 e. The molecule has 5 rings (SSSR count). The fraction of sp³-hybridized carbons (Fsp3) is 0.318. The molecule has 1 aromatic carbocycles. The van der Waals surface area contributed by atoms with Gasteiger partial charge in [0.05, 0.1) is 18.4 Å². The van der Waals surface area contributed by atoms with Crippen LogP contribution in [-0.2, 0) is 0 Å². The summed E-state index contributed by atoms with van der Waals surface area (Å²) in [6, 6.07) is 10.1. The van der Waals surface area contributed by atoms with Gasteiger partial charge >= 0.3 is 0 Å². The number of aromatic nitrogens is 6. The molecule has 0 spiro atoms. The van der Waals surface area contributed by atoms with Crippen LogP contribution in [0.25, 0.3) is 17.2 Å². The second kappa shape index (κ2) is 8.27. The molecular weight excluding hydrogens is 392 g/mol. The van der Waals surface area contributed by atoms with E-state index in [4.69, 9.17) is 9.51 Å². The van der Waals surface area contributed by atoms with Crippen molar-refractivity contribution in [1.82, 2.24) is 34.8 Å². The molecule has 4 heterocycles. The number of rotatable bonds is 5. The smallest absolute Gasteiger partial charge is 0.244 e. The minimum Gasteiger partial charge on any atom is -0.353 e. The highest BCUT2D eigenvalue weighted by Crippen LogP contribution is 2.24. The Morgan fingerprint density at radius 3 is 2.48 bits per heavy atom. The Labute approximate surface area is 180 Å². The van der Waals surface area contributed by atoms with Crippen molar-refractivity contribution in [2.24, 2.45) is 0 Å². The molecule has 0 aliphatic carbocycles. The zero-order valence-electron chi connectivity index (χ0n) is 17.6. The fourth-order valence-electron chi connectivity index (χ4n) is 3.73. The zero-order chi connectivity index (χ0) is 21.2. The lowest BCUT2D eigenvalue weighted by molar-refractivity contribution is 0.164. The standard InChI is InChI=1S/C22H24N8O/c1-16-4-6-18(7-5-16)21-26-22(31-27-21)17(2)28-10-12-29(13-11-28)19-14-23-15-20(25-19)30-9-3-8-24-30/h3-9,14-15,17H,10-13H2,1-2H3. The molecule has 9 nitrogen and oxygen atoms in total. The maximum atomic E-state index is 5.58. The molecule has 0 bridgehead atoms. The third-order valence-corrected chi connectivity index (χ3v) is 5.64. The Hall–Kier alpha value is -3.59. The van der Waals surface area contributed by atoms with Crippen molar-refractivity contribution in [1.29, 1.82) is 0 Å². The number of aryl methyl sites for hydroxylation is 1. The van der Waals surface area contributed by atoms with Gasteiger partial charge in [-0.05, 0) is 19.9 Å². The van der Waals surface area contributed by atoms with Crippen LogP contribution in [0.4, 0.5) is 5.82 Å². The van der Waals surface area contributed by atoms with E-state index in [9.17, 15) is 0 Å². The number of hydrogen-bond donors (Lipinski definition) is 0. The lowest BCUT2D eigenvalue weighted by Crippen LogP contribution is -2.47. The van der Waals surface area contributed by atoms with Gasteiger partial charge in [0.2, 0.25) is 11.7 Å². The summed E-state index contributed by atoms with van der Waals surface area (Å²) in [5.74, 6) is 2.85. The third kappa shape index (κ3) is 4.04. The molecule has 0 saturated carbocycles. The van der Waals surface area contributed by atoms with Crippen molar-refractivity contribution in [2.45, 2.75) is 19.9 Å². The quantitative estimate of drug-likeness (QED) is 0.491. The van der Waals surface area contributed by atoms with Crippen LogP contribution in [-0.4, -0.2) is 61.0 Å². The van der Waals surface area contributed by atoms with Crippen molar-refractivity contribution < 1.29 is 4.52 Å². The average molecular weight is 416 g/mol. The molecule has 3 aromatic heterocycles. The van der Waals surface area contributed by atoms with Crippen LogP contribution >= 0.6 is 0 Å². The Balaban J connectivity index is 1.24. The summed E-state index contributed by atoms with van der Waals surface area (Å²) >= 11 is 0. The molecule has 1 aliphatic heterocycles. The van der Waals surface area contributed by atoms with E-state index in [1.54, 1.807) is 23.3 Å². The maximum absolute atomic E-state index is 5.58. The number of benzene rings is 1. The topological polar surface area (TPSA) is 89.0 Å². The van der Waals surface area contributed by atoms with Gasteiger partial charge in [-0.1, -0.05) is 35.0 Å². The summed E-state index contributed by atoms with van der Waals surface area (Å²) in [6.45, 7) is 7.61. The predicted octanol–water partition coefficient (Wildman–Crippen LogP) is 2.90. The van der Waals surface area contributed by atoms with E-state index in [-0.39, 0.29) is 6.04 Å². The van der Waals surface area contributed by atoms with E-state index in [1.165, 1.54) is 5.56 Å². The molecule has 1 unspecified atom stereocenters. The summed E-state index contributed by atoms with van der Waals surface area (Å²) in [4.78, 5) is 18.3. The Morgan fingerprint density at radius 2 is 1.74 bits per heavy atom. The minimum absolute atomic E-state index is 0.0512. The Bertz CT molecular complexity index is 1130. The first kappa shape index (κ1) is 19.4. The van der Waals surface area contributed by atoms with E-state index < -0.39 is 0 Å². The highest BCUT2D eigenvalue weighted by Gasteiger charge is 2.26. The maximum Gasteiger partial charge on any atom is 0.244 e. The first-order valence-electron chi connectivity index (χ1n) is 10.4. The molecule has 0 radical (unpaired) electrons. The second-order valence-corrected chi connectivity index (χ2v) is 7.71. The van der Waals surface area contributed by atoms with Crippen LogP contribution in [0.1, 0.15) is 24.4 Å².